The molecule has 9 heteroatoms. The third-order valence-electron chi connectivity index (χ3n) is 7.63. The van der Waals surface area contributed by atoms with Crippen LogP contribution in [0.15, 0.2) is 23.9 Å². The molecule has 1 aliphatic carbocycles. The van der Waals surface area contributed by atoms with Crippen LogP contribution >= 0.6 is 0 Å². The first-order chi connectivity index (χ1) is 16.5. The van der Waals surface area contributed by atoms with Gasteiger partial charge in [0.05, 0.1) is 24.4 Å². The third kappa shape index (κ3) is 4.87. The molecule has 198 valence electrons. The number of benzene rings is 1. The van der Waals surface area contributed by atoms with Crippen molar-refractivity contribution in [3.63, 3.8) is 0 Å². The number of carbonyl (C=O) groups excluding carboxylic acids is 2. The van der Waals surface area contributed by atoms with Gasteiger partial charge in [0.1, 0.15) is 5.60 Å². The van der Waals surface area contributed by atoms with Crippen molar-refractivity contribution in [2.45, 2.75) is 96.8 Å². The number of nitrogens with zero attached hydrogens (tertiary/aromatic N) is 2. The van der Waals surface area contributed by atoms with Crippen LogP contribution < -0.4 is 9.64 Å². The molecule has 2 amide bonds. The molecular formula is C27H40N2O6Si. The lowest BCUT2D eigenvalue weighted by atomic mass is 10.0. The van der Waals surface area contributed by atoms with Crippen LogP contribution in [0.1, 0.15) is 71.2 Å². The summed E-state index contributed by atoms with van der Waals surface area (Å²) >= 11 is 0. The fourth-order valence-corrected chi connectivity index (χ4v) is 5.72. The van der Waals surface area contributed by atoms with Crippen LogP contribution in [-0.2, 0) is 9.16 Å². The van der Waals surface area contributed by atoms with E-state index >= 15 is 0 Å². The van der Waals surface area contributed by atoms with Crippen molar-refractivity contribution in [1.82, 2.24) is 4.90 Å². The van der Waals surface area contributed by atoms with E-state index < -0.39 is 32.3 Å². The number of phenolic OH excluding ortho intramolecular Hbond substituents is 1. The Morgan fingerprint density at radius 1 is 1.11 bits per heavy atom. The van der Waals surface area contributed by atoms with E-state index in [1.165, 1.54) is 29.7 Å². The lowest BCUT2D eigenvalue weighted by molar-refractivity contribution is 0.0363. The Hall–Kier alpha value is -2.52. The zero-order valence-corrected chi connectivity index (χ0v) is 24.0. The van der Waals surface area contributed by atoms with Gasteiger partial charge in [0.15, 0.2) is 26.0 Å². The minimum atomic E-state index is -2.43. The maximum Gasteiger partial charge on any atom is 0.417 e. The molecule has 1 aromatic rings. The monoisotopic (exact) mass is 516 g/mol. The summed E-state index contributed by atoms with van der Waals surface area (Å²) in [6.45, 7) is 16.1. The number of methoxy groups -OCH3 is 1. The quantitative estimate of drug-likeness (QED) is 0.493. The van der Waals surface area contributed by atoms with E-state index in [2.05, 4.69) is 33.9 Å². The van der Waals surface area contributed by atoms with Crippen molar-refractivity contribution in [3.05, 3.63) is 29.5 Å². The van der Waals surface area contributed by atoms with Crippen molar-refractivity contribution < 1.29 is 28.6 Å². The van der Waals surface area contributed by atoms with Crippen LogP contribution in [-0.4, -0.2) is 55.3 Å². The van der Waals surface area contributed by atoms with Crippen molar-refractivity contribution in [2.24, 2.45) is 5.92 Å². The summed E-state index contributed by atoms with van der Waals surface area (Å²) in [4.78, 5) is 31.0. The smallest absolute Gasteiger partial charge is 0.417 e. The number of ether oxygens (including phenoxy) is 2. The first kappa shape index (κ1) is 26.5. The van der Waals surface area contributed by atoms with Crippen LogP contribution in [0, 0.1) is 5.92 Å². The molecule has 0 spiro atoms. The van der Waals surface area contributed by atoms with E-state index in [1.807, 2.05) is 6.20 Å². The van der Waals surface area contributed by atoms with Crippen molar-refractivity contribution in [2.75, 3.05) is 12.0 Å². The molecule has 0 saturated heterocycles. The highest BCUT2D eigenvalue weighted by molar-refractivity contribution is 6.74. The van der Waals surface area contributed by atoms with Gasteiger partial charge in [-0.1, -0.05) is 20.8 Å². The molecule has 1 unspecified atom stereocenters. The van der Waals surface area contributed by atoms with Gasteiger partial charge in [-0.2, -0.15) is 0 Å². The fraction of sp³-hybridized carbons (Fsp3) is 0.630. The molecule has 4 rings (SSSR count). The molecule has 1 fully saturated rings. The molecule has 8 nitrogen and oxygen atoms in total. The Labute approximate surface area is 215 Å². The van der Waals surface area contributed by atoms with Gasteiger partial charge in [-0.25, -0.2) is 9.69 Å². The van der Waals surface area contributed by atoms with Crippen molar-refractivity contribution in [1.29, 1.82) is 0 Å². The fourth-order valence-electron chi connectivity index (χ4n) is 4.50. The highest BCUT2D eigenvalue weighted by Crippen LogP contribution is 2.48. The van der Waals surface area contributed by atoms with E-state index in [1.54, 1.807) is 25.7 Å². The highest BCUT2D eigenvalue weighted by atomic mass is 28.4. The molecule has 0 radical (unpaired) electrons. The van der Waals surface area contributed by atoms with Crippen LogP contribution in [0.4, 0.5) is 10.5 Å². The average molecular weight is 517 g/mol. The summed E-state index contributed by atoms with van der Waals surface area (Å²) in [5.74, 6) is 0.220. The van der Waals surface area contributed by atoms with E-state index in [0.29, 0.717) is 12.3 Å². The van der Waals surface area contributed by atoms with Gasteiger partial charge in [0.2, 0.25) is 0 Å². The van der Waals surface area contributed by atoms with E-state index in [-0.39, 0.29) is 33.7 Å². The molecule has 1 aromatic carbocycles. The van der Waals surface area contributed by atoms with Gasteiger partial charge in [-0.15, -0.1) is 0 Å². The second kappa shape index (κ2) is 8.80. The molecule has 0 bridgehead atoms. The first-order valence-corrected chi connectivity index (χ1v) is 15.6. The van der Waals surface area contributed by atoms with Crippen LogP contribution in [0.3, 0.4) is 0 Å². The molecule has 0 aromatic heterocycles. The van der Waals surface area contributed by atoms with Crippen LogP contribution in [0.25, 0.3) is 0 Å². The lowest BCUT2D eigenvalue weighted by Crippen LogP contribution is -2.58. The Morgan fingerprint density at radius 3 is 2.28 bits per heavy atom. The largest absolute Gasteiger partial charge is 0.504 e. The Bertz CT molecular complexity index is 1100. The number of anilines is 1. The third-order valence-corrected chi connectivity index (χ3v) is 12.1. The summed E-state index contributed by atoms with van der Waals surface area (Å²) < 4.78 is 18.1. The van der Waals surface area contributed by atoms with Gasteiger partial charge in [-0.3, -0.25) is 4.79 Å². The molecule has 3 aliphatic rings. The number of phenols is 1. The standard InChI is InChI=1S/C27H40N2O6Si/c1-26(2,3)34-25(32)29-19-14-21(30)22(33-7)13-18(19)23(31)28-15-17(16-10-11-16)12-20(28)24(29)35-36(8,9)27(4,5)6/h13-16,20,24,30H,10-12H2,1-9H3/t20?,24-/m0/s1. The average Bonchev–Trinajstić information content (AvgIpc) is 3.49. The first-order valence-electron chi connectivity index (χ1n) is 12.7. The van der Waals surface area contributed by atoms with Crippen LogP contribution in [0.2, 0.25) is 18.1 Å². The molecule has 2 aliphatic heterocycles. The maximum absolute atomic E-state index is 14.0. The Kier molecular flexibility index (Phi) is 6.49. The Morgan fingerprint density at radius 2 is 1.75 bits per heavy atom. The number of hydrogen-bond acceptors (Lipinski definition) is 6. The summed E-state index contributed by atoms with van der Waals surface area (Å²) in [7, 11) is -0.995. The second-order valence-corrected chi connectivity index (χ2v) is 17.4. The zero-order valence-electron chi connectivity index (χ0n) is 23.0. The lowest BCUT2D eigenvalue weighted by Gasteiger charge is -2.44. The number of hydrogen-bond donors (Lipinski definition) is 1. The van der Waals surface area contributed by atoms with E-state index in [0.717, 1.165) is 12.8 Å². The summed E-state index contributed by atoms with van der Waals surface area (Å²) in [6.07, 6.45) is 3.41. The molecule has 2 heterocycles. The van der Waals surface area contributed by atoms with Crippen molar-refractivity contribution in [3.8, 4) is 11.5 Å². The minimum absolute atomic E-state index is 0.135. The topological polar surface area (TPSA) is 88.5 Å². The van der Waals surface area contributed by atoms with Crippen LogP contribution in [0.5, 0.6) is 11.5 Å². The van der Waals surface area contributed by atoms with Gasteiger partial charge < -0.3 is 23.9 Å². The summed E-state index contributed by atoms with van der Waals surface area (Å²) in [5.41, 5.74) is 0.966. The normalized spacial score (nSPS) is 22.6. The highest BCUT2D eigenvalue weighted by Gasteiger charge is 2.52. The zero-order chi connectivity index (χ0) is 26.8. The molecular weight excluding hydrogens is 476 g/mol. The summed E-state index contributed by atoms with van der Waals surface area (Å²) in [5, 5.41) is 10.5. The molecule has 36 heavy (non-hydrogen) atoms. The minimum Gasteiger partial charge on any atom is -0.504 e. The van der Waals surface area contributed by atoms with Gasteiger partial charge in [0.25, 0.3) is 5.91 Å². The van der Waals surface area contributed by atoms with Gasteiger partial charge in [-0.05, 0) is 75.7 Å². The van der Waals surface area contributed by atoms with Crippen molar-refractivity contribution >= 4 is 26.0 Å². The Balaban J connectivity index is 1.93. The molecule has 1 N–H and O–H groups in total. The summed E-state index contributed by atoms with van der Waals surface area (Å²) in [6, 6.07) is 2.50. The molecule has 1 saturated carbocycles. The number of amides is 2. The van der Waals surface area contributed by atoms with E-state index in [9.17, 15) is 14.7 Å². The predicted octanol–water partition coefficient (Wildman–Crippen LogP) is 6.01. The van der Waals surface area contributed by atoms with Gasteiger partial charge >= 0.3 is 6.09 Å². The van der Waals surface area contributed by atoms with E-state index in [4.69, 9.17) is 13.9 Å². The second-order valence-electron chi connectivity index (χ2n) is 12.6. The maximum atomic E-state index is 14.0. The predicted molar refractivity (Wildman–Crippen MR) is 141 cm³/mol. The number of carbonyl (C=O) groups is 2. The number of aromatic hydroxyl groups is 1. The number of fused-ring (bicyclic) bond motifs is 2. The SMILES string of the molecule is COc1cc2c(cc1O)N(C(=O)OC(C)(C)C)[C@@H](O[Si](C)(C)C(C)(C)C)C1CC(C3CC3)=CN1C2=O. The van der Waals surface area contributed by atoms with Gasteiger partial charge in [0, 0.05) is 12.3 Å². The molecule has 2 atom stereocenters. The number of rotatable bonds is 4.